The van der Waals surface area contributed by atoms with Crippen LogP contribution in [-0.2, 0) is 84.8 Å². The van der Waals surface area contributed by atoms with Crippen molar-refractivity contribution in [2.75, 3.05) is 31.6 Å². The Hall–Kier alpha value is -10.4. The van der Waals surface area contributed by atoms with Gasteiger partial charge in [0, 0.05) is 25.8 Å². The van der Waals surface area contributed by atoms with Crippen molar-refractivity contribution in [3.63, 3.8) is 0 Å². The molecule has 0 spiro atoms. The number of carbonyl (C=O) groups excluding carboxylic acids is 13. The Balaban J connectivity index is 2.46. The van der Waals surface area contributed by atoms with Gasteiger partial charge in [0.05, 0.1) is 19.0 Å². The average Bonchev–Trinajstić information content (AvgIpc) is 0.852. The lowest BCUT2D eigenvalue weighted by Gasteiger charge is -2.30. The molecular formula is C70H112N18O19S. The van der Waals surface area contributed by atoms with Gasteiger partial charge in [0.25, 0.3) is 0 Å². The van der Waals surface area contributed by atoms with Gasteiger partial charge in [0.1, 0.15) is 78.0 Å². The summed E-state index contributed by atoms with van der Waals surface area (Å²) in [6, 6.07) is -5.86. The number of nitrogens with two attached hydrogens (primary N) is 4. The summed E-state index contributed by atoms with van der Waals surface area (Å²) in [6.07, 6.45) is 0.810. The molecule has 0 aliphatic rings. The zero-order chi connectivity index (χ0) is 81.7. The Kier molecular flexibility index (Phi) is 41.7. The predicted octanol–water partition coefficient (Wildman–Crippen LogP) is -3.34. The molecule has 0 saturated heterocycles. The van der Waals surface area contributed by atoms with Crippen LogP contribution in [0.1, 0.15) is 138 Å². The van der Waals surface area contributed by atoms with Crippen LogP contribution in [0.25, 0.3) is 0 Å². The van der Waals surface area contributed by atoms with Crippen molar-refractivity contribution in [3.8, 4) is 11.5 Å². The first-order valence-corrected chi connectivity index (χ1v) is 37.0. The van der Waals surface area contributed by atoms with Crippen LogP contribution in [0.4, 0.5) is 0 Å². The maximum absolute atomic E-state index is 14.6. The number of hydrogen-bond acceptors (Lipinski definition) is 21. The van der Waals surface area contributed by atoms with E-state index in [1.165, 1.54) is 81.1 Å². The van der Waals surface area contributed by atoms with Crippen molar-refractivity contribution >= 4 is 106 Å². The number of nitrogens with one attached hydrogen (secondary N) is 14. The molecule has 0 aliphatic heterocycles. The van der Waals surface area contributed by atoms with E-state index in [0.717, 1.165) is 0 Å². The SMILES string of the molecule is CC[C@H](C)[C@H](NC(=O)[C@H](CCSC)NC(=O)[C@H](CCCCN)NC(=O)[C@H](CCCNC(=N)N)NC(=O)[C@@H](NC(=O)[C@@H](NC(=O)[C@H](Cc1ccc(O)cc1)NC(=O)CNC(=O)[C@H](C)NC(=O)[C@H](Cc1ccc(O)cc1)NC(=O)[C@@H](N)CCC(N)=O)C(C)C)C(C)C)C(=O)N[C@@H](CC(=O)O)C(=O)N[C@H](C(=O)O)C(C)C. The van der Waals surface area contributed by atoms with Crippen LogP contribution in [0.2, 0.25) is 0 Å². The molecule has 37 nitrogen and oxygen atoms in total. The van der Waals surface area contributed by atoms with E-state index in [4.69, 9.17) is 28.3 Å². The van der Waals surface area contributed by atoms with Gasteiger partial charge >= 0.3 is 11.9 Å². The largest absolute Gasteiger partial charge is 0.508 e. The fourth-order valence-electron chi connectivity index (χ4n) is 10.6. The van der Waals surface area contributed by atoms with Crippen molar-refractivity contribution < 1.29 is 92.3 Å². The minimum Gasteiger partial charge on any atom is -0.508 e. The Morgan fingerprint density at radius 2 is 0.870 bits per heavy atom. The van der Waals surface area contributed by atoms with Gasteiger partial charge in [0.15, 0.2) is 5.96 Å². The lowest BCUT2D eigenvalue weighted by Crippen LogP contribution is -2.62. The third-order valence-electron chi connectivity index (χ3n) is 17.2. The standard InChI is InChI=1S/C70H112N18O19S/c1-11-38(8)57(68(105)84-50(33-53(93)94)65(102)87-56(37(6)7)69(106)107)88-62(99)47(27-30-108-10)81-60(97)45(15-12-13-28-71)80-61(98)46(16-14-29-76-70(74)75)82-66(103)54(35(2)3)86-67(104)55(36(4)5)85-64(101)48(31-40-17-21-42(89)22-18-40)79-52(92)34-77-58(95)39(9)78-63(100)49(32-41-19-23-43(90)24-20-41)83-59(96)44(72)25-26-51(73)91/h17-24,35-39,44-50,54-57,89-90H,11-16,25-34,71-72H2,1-10H3,(H2,73,91)(H,77,95)(H,78,100)(H,79,92)(H,80,98)(H,81,97)(H,82,103)(H,83,96)(H,84,105)(H,85,101)(H,86,104)(H,87,102)(H,88,99)(H,93,94)(H,106,107)(H4,74,75,76)/t38-,39-,44-,45-,46-,47-,48-,49-,50-,54-,55-,56-,57-/m0/s1. The maximum atomic E-state index is 14.6. The quantitative estimate of drug-likeness (QED) is 0.0175. The monoisotopic (exact) mass is 1540 g/mol. The van der Waals surface area contributed by atoms with E-state index in [1.54, 1.807) is 47.8 Å². The highest BCUT2D eigenvalue weighted by Crippen LogP contribution is 2.17. The number of aromatic hydroxyl groups is 2. The molecule has 38 heteroatoms. The summed E-state index contributed by atoms with van der Waals surface area (Å²) in [5, 5.41) is 80.0. The average molecular weight is 1540 g/mol. The number of phenols is 2. The highest BCUT2D eigenvalue weighted by atomic mass is 32.2. The van der Waals surface area contributed by atoms with Crippen LogP contribution in [0.3, 0.4) is 0 Å². The third kappa shape index (κ3) is 34.5. The molecule has 0 aromatic heterocycles. The second-order valence-electron chi connectivity index (χ2n) is 27.3. The highest BCUT2D eigenvalue weighted by molar-refractivity contribution is 7.98. The number of phenolic OH excluding ortho intramolecular Hbond substituents is 2. The number of benzene rings is 2. The number of carboxylic acids is 2. The number of hydrogen-bond donors (Lipinski definition) is 22. The molecule has 2 aromatic carbocycles. The fourth-order valence-corrected chi connectivity index (χ4v) is 11.1. The molecule has 2 rings (SSSR count). The van der Waals surface area contributed by atoms with Crippen molar-refractivity contribution in [1.29, 1.82) is 5.41 Å². The normalized spacial score (nSPS) is 14.8. The van der Waals surface area contributed by atoms with E-state index in [2.05, 4.69) is 69.1 Å². The summed E-state index contributed by atoms with van der Waals surface area (Å²) in [5.41, 5.74) is 23.4. The van der Waals surface area contributed by atoms with Crippen molar-refractivity contribution in [2.45, 2.75) is 212 Å². The smallest absolute Gasteiger partial charge is 0.326 e. The van der Waals surface area contributed by atoms with Crippen molar-refractivity contribution in [1.82, 2.24) is 69.1 Å². The number of rotatable bonds is 50. The number of carboxylic acid groups (broad SMARTS) is 2. The van der Waals surface area contributed by atoms with Crippen LogP contribution in [0.5, 0.6) is 11.5 Å². The molecule has 0 radical (unpaired) electrons. The van der Waals surface area contributed by atoms with E-state index < -0.39 is 204 Å². The minimum absolute atomic E-state index is 0.0256. The van der Waals surface area contributed by atoms with E-state index in [0.29, 0.717) is 17.5 Å². The molecule has 26 N–H and O–H groups in total. The molecule has 0 saturated carbocycles. The topological polar surface area (TPSA) is 621 Å². The first kappa shape index (κ1) is 93.7. The molecule has 0 fully saturated rings. The summed E-state index contributed by atoms with van der Waals surface area (Å²) in [4.78, 5) is 203. The maximum Gasteiger partial charge on any atom is 0.326 e. The van der Waals surface area contributed by atoms with Gasteiger partial charge in [-0.1, -0.05) is 86.1 Å². The molecule has 0 unspecified atom stereocenters. The lowest BCUT2D eigenvalue weighted by molar-refractivity contribution is -0.144. The minimum atomic E-state index is -1.78. The zero-order valence-corrected chi connectivity index (χ0v) is 63.6. The molecule has 0 heterocycles. The second-order valence-corrected chi connectivity index (χ2v) is 28.3. The van der Waals surface area contributed by atoms with Crippen LogP contribution >= 0.6 is 11.8 Å². The van der Waals surface area contributed by atoms with Gasteiger partial charge in [-0.3, -0.25) is 72.5 Å². The first-order chi connectivity index (χ1) is 50.7. The molecule has 13 atom stereocenters. The lowest BCUT2D eigenvalue weighted by atomic mass is 9.97. The van der Waals surface area contributed by atoms with Gasteiger partial charge in [-0.05, 0) is 129 Å². The zero-order valence-electron chi connectivity index (χ0n) is 62.8. The van der Waals surface area contributed by atoms with Crippen molar-refractivity contribution in [2.24, 2.45) is 46.6 Å². The number of carbonyl (C=O) groups is 15. The Labute approximate surface area is 632 Å². The summed E-state index contributed by atoms with van der Waals surface area (Å²) in [6.45, 7) is 13.4. The molecule has 13 amide bonds. The van der Waals surface area contributed by atoms with Gasteiger partial charge in [0.2, 0.25) is 76.8 Å². The molecule has 108 heavy (non-hydrogen) atoms. The number of aliphatic carboxylic acids is 2. The van der Waals surface area contributed by atoms with Gasteiger partial charge in [-0.25, -0.2) is 4.79 Å². The Bertz CT molecular complexity index is 3390. The highest BCUT2D eigenvalue weighted by Gasteiger charge is 2.39. The number of unbranched alkanes of at least 4 members (excludes halogenated alkanes) is 1. The summed E-state index contributed by atoms with van der Waals surface area (Å²) < 4.78 is 0. The molecule has 2 aromatic rings. The van der Waals surface area contributed by atoms with E-state index in [-0.39, 0.29) is 94.5 Å². The fraction of sp³-hybridized carbons (Fsp3) is 0.600. The summed E-state index contributed by atoms with van der Waals surface area (Å²) in [5.74, 6) is -17.6. The molecular weight excluding hydrogens is 1430 g/mol. The Morgan fingerprint density at radius 3 is 1.34 bits per heavy atom. The summed E-state index contributed by atoms with van der Waals surface area (Å²) in [7, 11) is 0. The number of primary amides is 1. The van der Waals surface area contributed by atoms with Crippen LogP contribution in [-0.4, -0.2) is 219 Å². The molecule has 602 valence electrons. The van der Waals surface area contributed by atoms with Crippen LogP contribution in [0, 0.1) is 29.1 Å². The Morgan fingerprint density at radius 1 is 0.463 bits per heavy atom. The first-order valence-electron chi connectivity index (χ1n) is 35.7. The van der Waals surface area contributed by atoms with Gasteiger partial charge in [-0.15, -0.1) is 0 Å². The van der Waals surface area contributed by atoms with E-state index >= 15 is 0 Å². The van der Waals surface area contributed by atoms with Crippen LogP contribution in [0.15, 0.2) is 48.5 Å². The number of amides is 13. The van der Waals surface area contributed by atoms with Crippen molar-refractivity contribution in [3.05, 3.63) is 59.7 Å². The molecule has 0 bridgehead atoms. The van der Waals surface area contributed by atoms with Gasteiger partial charge < -0.3 is 112 Å². The van der Waals surface area contributed by atoms with Crippen LogP contribution < -0.4 is 92.1 Å². The molecule has 0 aliphatic carbocycles. The number of thioether (sulfide) groups is 1. The van der Waals surface area contributed by atoms with E-state index in [1.807, 2.05) is 0 Å². The number of guanidine groups is 1. The second kappa shape index (κ2) is 48.0. The summed E-state index contributed by atoms with van der Waals surface area (Å²) >= 11 is 1.31. The van der Waals surface area contributed by atoms with Gasteiger partial charge in [-0.2, -0.15) is 11.8 Å². The predicted molar refractivity (Wildman–Crippen MR) is 399 cm³/mol. The van der Waals surface area contributed by atoms with E-state index in [9.17, 15) is 92.3 Å². The third-order valence-corrected chi connectivity index (χ3v) is 17.9.